The summed E-state index contributed by atoms with van der Waals surface area (Å²) < 4.78 is 7.31. The third-order valence-corrected chi connectivity index (χ3v) is 5.41. The van der Waals surface area contributed by atoms with Crippen LogP contribution in [0.1, 0.15) is 53.8 Å². The molecule has 1 N–H and O–H groups in total. The number of carbonyl (C=O) groups is 2. The molecule has 1 saturated carbocycles. The summed E-state index contributed by atoms with van der Waals surface area (Å²) in [4.78, 5) is 26.8. The Morgan fingerprint density at radius 2 is 2.14 bits per heavy atom. The lowest BCUT2D eigenvalue weighted by atomic mass is 9.97. The molecule has 1 aliphatic carbocycles. The van der Waals surface area contributed by atoms with Crippen molar-refractivity contribution in [2.24, 2.45) is 0 Å². The number of rotatable bonds is 6. The molecule has 4 rings (SSSR count). The van der Waals surface area contributed by atoms with Crippen molar-refractivity contribution in [3.05, 3.63) is 42.0 Å². The molecule has 0 radical (unpaired) electrons. The van der Waals surface area contributed by atoms with Crippen molar-refractivity contribution < 1.29 is 14.3 Å². The van der Waals surface area contributed by atoms with Crippen LogP contribution in [0.2, 0.25) is 0 Å². The van der Waals surface area contributed by atoms with E-state index in [1.54, 1.807) is 31.4 Å². The summed E-state index contributed by atoms with van der Waals surface area (Å²) in [5.41, 5.74) is 0.473. The van der Waals surface area contributed by atoms with Crippen LogP contribution in [0, 0.1) is 0 Å². The number of methoxy groups -OCH3 is 1. The first-order valence-electron chi connectivity index (χ1n) is 9.75. The molecule has 0 bridgehead atoms. The molecule has 2 heterocycles. The highest BCUT2D eigenvalue weighted by Crippen LogP contribution is 2.38. The first-order chi connectivity index (χ1) is 13.7. The number of piperidine rings is 1. The van der Waals surface area contributed by atoms with Crippen LogP contribution in [-0.4, -0.2) is 58.2 Å². The van der Waals surface area contributed by atoms with Crippen LogP contribution in [-0.2, 0) is 4.79 Å². The zero-order valence-corrected chi connectivity index (χ0v) is 16.0. The van der Waals surface area contributed by atoms with Gasteiger partial charge in [0.1, 0.15) is 17.9 Å². The second-order valence-electron chi connectivity index (χ2n) is 7.42. The van der Waals surface area contributed by atoms with E-state index >= 15 is 0 Å². The minimum absolute atomic E-state index is 0.0158. The highest BCUT2D eigenvalue weighted by Gasteiger charge is 2.32. The lowest BCUT2D eigenvalue weighted by molar-refractivity contribution is -0.131. The molecule has 0 spiro atoms. The standard InChI is InChI=1S/C20H25N5O3/c1-28-17-6-2-4-14(10-17)20(27)21-11-18(26)24-9-3-5-15(12-24)19-23-22-13-25(19)16-7-8-16/h2,4,6,10,13,15-16H,3,5,7-9,11-12H2,1H3,(H,21,27). The molecule has 2 aliphatic rings. The van der Waals surface area contributed by atoms with E-state index in [0.29, 0.717) is 30.4 Å². The van der Waals surface area contributed by atoms with Crippen molar-refractivity contribution >= 4 is 11.8 Å². The predicted molar refractivity (Wildman–Crippen MR) is 102 cm³/mol. The summed E-state index contributed by atoms with van der Waals surface area (Å²) in [6, 6.07) is 7.40. The van der Waals surface area contributed by atoms with Gasteiger partial charge in [-0.25, -0.2) is 0 Å². The number of nitrogens with zero attached hydrogens (tertiary/aromatic N) is 4. The highest BCUT2D eigenvalue weighted by atomic mass is 16.5. The Kier molecular flexibility index (Phi) is 5.27. The normalized spacial score (nSPS) is 19.3. The second kappa shape index (κ2) is 8.00. The average molecular weight is 383 g/mol. The number of nitrogens with one attached hydrogen (secondary N) is 1. The van der Waals surface area contributed by atoms with E-state index in [0.717, 1.165) is 18.7 Å². The first kappa shape index (κ1) is 18.5. The second-order valence-corrected chi connectivity index (χ2v) is 7.42. The van der Waals surface area contributed by atoms with Crippen LogP contribution in [0.15, 0.2) is 30.6 Å². The quantitative estimate of drug-likeness (QED) is 0.821. The van der Waals surface area contributed by atoms with E-state index in [-0.39, 0.29) is 24.3 Å². The summed E-state index contributed by atoms with van der Waals surface area (Å²) in [6.07, 6.45) is 6.10. The van der Waals surface area contributed by atoms with Gasteiger partial charge < -0.3 is 19.5 Å². The molecule has 1 aromatic carbocycles. The molecule has 1 aromatic heterocycles. The Morgan fingerprint density at radius 3 is 2.93 bits per heavy atom. The number of amides is 2. The lowest BCUT2D eigenvalue weighted by Gasteiger charge is -2.32. The summed E-state index contributed by atoms with van der Waals surface area (Å²) in [7, 11) is 1.55. The van der Waals surface area contributed by atoms with Gasteiger partial charge >= 0.3 is 0 Å². The maximum Gasteiger partial charge on any atom is 0.251 e. The van der Waals surface area contributed by atoms with Gasteiger partial charge in [-0.2, -0.15) is 0 Å². The third kappa shape index (κ3) is 4.00. The van der Waals surface area contributed by atoms with E-state index in [2.05, 4.69) is 20.1 Å². The summed E-state index contributed by atoms with van der Waals surface area (Å²) >= 11 is 0. The average Bonchev–Trinajstić information content (AvgIpc) is 3.48. The molecule has 148 valence electrons. The van der Waals surface area contributed by atoms with Gasteiger partial charge in [-0.15, -0.1) is 10.2 Å². The number of likely N-dealkylation sites (tertiary alicyclic amines) is 1. The number of hydrogen-bond acceptors (Lipinski definition) is 5. The SMILES string of the molecule is COc1cccc(C(=O)NCC(=O)N2CCCC(c3nncn3C3CC3)C2)c1. The molecule has 8 heteroatoms. The van der Waals surface area contributed by atoms with Gasteiger partial charge in [0.2, 0.25) is 5.91 Å². The van der Waals surface area contributed by atoms with E-state index < -0.39 is 0 Å². The molecule has 2 amide bonds. The van der Waals surface area contributed by atoms with Gasteiger partial charge in [0.15, 0.2) is 0 Å². The zero-order chi connectivity index (χ0) is 19.5. The highest BCUT2D eigenvalue weighted by molar-refractivity contribution is 5.96. The topological polar surface area (TPSA) is 89.3 Å². The summed E-state index contributed by atoms with van der Waals surface area (Å²) in [6.45, 7) is 1.32. The minimum Gasteiger partial charge on any atom is -0.497 e. The minimum atomic E-state index is -0.283. The fourth-order valence-electron chi connectivity index (χ4n) is 3.73. The summed E-state index contributed by atoms with van der Waals surface area (Å²) in [5.74, 6) is 1.45. The number of hydrogen-bond donors (Lipinski definition) is 1. The molecule has 1 unspecified atom stereocenters. The Labute approximate surface area is 163 Å². The number of aromatic nitrogens is 3. The van der Waals surface area contributed by atoms with Crippen molar-refractivity contribution in [3.63, 3.8) is 0 Å². The summed E-state index contributed by atoms with van der Waals surface area (Å²) in [5, 5.41) is 11.1. The van der Waals surface area contributed by atoms with Crippen molar-refractivity contribution in [3.8, 4) is 5.75 Å². The molecule has 8 nitrogen and oxygen atoms in total. The Hall–Kier alpha value is -2.90. The van der Waals surface area contributed by atoms with E-state index in [9.17, 15) is 9.59 Å². The third-order valence-electron chi connectivity index (χ3n) is 5.41. The predicted octanol–water partition coefficient (Wildman–Crippen LogP) is 1.76. The van der Waals surface area contributed by atoms with Crippen LogP contribution < -0.4 is 10.1 Å². The van der Waals surface area contributed by atoms with E-state index in [4.69, 9.17) is 4.74 Å². The number of ether oxygens (including phenoxy) is 1. The molecule has 2 aromatic rings. The maximum atomic E-state index is 12.6. The Balaban J connectivity index is 1.34. The van der Waals surface area contributed by atoms with Crippen molar-refractivity contribution in [2.75, 3.05) is 26.7 Å². The fourth-order valence-corrected chi connectivity index (χ4v) is 3.73. The fraction of sp³-hybridized carbons (Fsp3) is 0.500. The molecule has 1 atom stereocenters. The van der Waals surface area contributed by atoms with Crippen LogP contribution in [0.25, 0.3) is 0 Å². The molecule has 28 heavy (non-hydrogen) atoms. The zero-order valence-electron chi connectivity index (χ0n) is 16.0. The van der Waals surface area contributed by atoms with Gasteiger partial charge in [-0.1, -0.05) is 6.07 Å². The molecular formula is C20H25N5O3. The van der Waals surface area contributed by atoms with Gasteiger partial charge in [0.25, 0.3) is 5.91 Å². The van der Waals surface area contributed by atoms with Crippen LogP contribution in [0.4, 0.5) is 0 Å². The number of carbonyl (C=O) groups excluding carboxylic acids is 2. The largest absolute Gasteiger partial charge is 0.497 e. The smallest absolute Gasteiger partial charge is 0.251 e. The molecule has 2 fully saturated rings. The van der Waals surface area contributed by atoms with Gasteiger partial charge in [0.05, 0.1) is 13.7 Å². The molecular weight excluding hydrogens is 358 g/mol. The van der Waals surface area contributed by atoms with Crippen molar-refractivity contribution in [2.45, 2.75) is 37.6 Å². The molecule has 1 aliphatic heterocycles. The lowest BCUT2D eigenvalue weighted by Crippen LogP contribution is -2.44. The van der Waals surface area contributed by atoms with Crippen LogP contribution >= 0.6 is 0 Å². The first-order valence-corrected chi connectivity index (χ1v) is 9.75. The van der Waals surface area contributed by atoms with Crippen molar-refractivity contribution in [1.29, 1.82) is 0 Å². The Bertz CT molecular complexity index is 861. The number of benzene rings is 1. The van der Waals surface area contributed by atoms with Crippen LogP contribution in [0.3, 0.4) is 0 Å². The van der Waals surface area contributed by atoms with Gasteiger partial charge in [-0.05, 0) is 43.9 Å². The van der Waals surface area contributed by atoms with Crippen molar-refractivity contribution in [1.82, 2.24) is 25.0 Å². The van der Waals surface area contributed by atoms with E-state index in [1.165, 1.54) is 12.8 Å². The van der Waals surface area contributed by atoms with Gasteiger partial charge in [0, 0.05) is 30.6 Å². The monoisotopic (exact) mass is 383 g/mol. The van der Waals surface area contributed by atoms with Crippen LogP contribution in [0.5, 0.6) is 5.75 Å². The van der Waals surface area contributed by atoms with Gasteiger partial charge in [-0.3, -0.25) is 9.59 Å². The maximum absolute atomic E-state index is 12.6. The molecule has 1 saturated heterocycles. The van der Waals surface area contributed by atoms with E-state index in [1.807, 2.05) is 11.2 Å². The Morgan fingerprint density at radius 1 is 1.29 bits per heavy atom.